The predicted molar refractivity (Wildman–Crippen MR) is 213 cm³/mol. The number of hydrogen-bond donors (Lipinski definition) is 1. The normalized spacial score (nSPS) is 12.3. The predicted octanol–water partition coefficient (Wildman–Crippen LogP) is 11.6. The van der Waals surface area contributed by atoms with Crippen LogP contribution in [0, 0.1) is 0 Å². The summed E-state index contributed by atoms with van der Waals surface area (Å²) in [6.07, 6.45) is 0. The highest BCUT2D eigenvalue weighted by Gasteiger charge is 2.18. The number of hydrogen-bond acceptors (Lipinski definition) is 2. The third-order valence-corrected chi connectivity index (χ3v) is 9.57. The van der Waals surface area contributed by atoms with E-state index in [-0.39, 0.29) is 0 Å². The van der Waals surface area contributed by atoms with Crippen LogP contribution < -0.4 is 5.73 Å². The largest absolute Gasteiger partial charge is 0.456 e. The van der Waals surface area contributed by atoms with Gasteiger partial charge in [-0.1, -0.05) is 152 Å². The molecule has 1 aromatic heterocycles. The second-order valence-corrected chi connectivity index (χ2v) is 12.8. The van der Waals surface area contributed by atoms with Crippen molar-refractivity contribution in [1.82, 2.24) is 0 Å². The van der Waals surface area contributed by atoms with Crippen LogP contribution in [0.4, 0.5) is 0 Å². The van der Waals surface area contributed by atoms with Crippen molar-refractivity contribution in [2.75, 3.05) is 0 Å². The molecule has 8 aromatic carbocycles. The van der Waals surface area contributed by atoms with Gasteiger partial charge in [0.15, 0.2) is 5.84 Å². The maximum absolute atomic E-state index is 7.08. The zero-order valence-electron chi connectivity index (χ0n) is 27.8. The highest BCUT2D eigenvalue weighted by molar-refractivity contribution is 6.21. The summed E-state index contributed by atoms with van der Waals surface area (Å²) in [6, 6.07) is 60.8. The van der Waals surface area contributed by atoms with Crippen molar-refractivity contribution in [3.05, 3.63) is 193 Å². The van der Waals surface area contributed by atoms with Crippen LogP contribution >= 0.6 is 0 Å². The molecule has 1 heterocycles. The van der Waals surface area contributed by atoms with E-state index < -0.39 is 0 Å². The van der Waals surface area contributed by atoms with Crippen molar-refractivity contribution in [2.24, 2.45) is 15.7 Å². The van der Waals surface area contributed by atoms with Crippen molar-refractivity contribution in [3.63, 3.8) is 0 Å². The van der Waals surface area contributed by atoms with Crippen molar-refractivity contribution in [1.29, 1.82) is 0 Å². The van der Waals surface area contributed by atoms with E-state index >= 15 is 0 Å². The highest BCUT2D eigenvalue weighted by atomic mass is 16.3. The summed E-state index contributed by atoms with van der Waals surface area (Å²) in [4.78, 5) is 10.1. The van der Waals surface area contributed by atoms with Crippen LogP contribution in [0.2, 0.25) is 0 Å². The second-order valence-electron chi connectivity index (χ2n) is 12.8. The zero-order valence-corrected chi connectivity index (χ0v) is 27.8. The number of amidine groups is 2. The molecule has 0 aliphatic carbocycles. The Morgan fingerprint density at radius 1 is 0.490 bits per heavy atom. The van der Waals surface area contributed by atoms with E-state index in [0.29, 0.717) is 18.2 Å². The van der Waals surface area contributed by atoms with Crippen molar-refractivity contribution in [2.45, 2.75) is 6.54 Å². The number of aliphatic imine (C=N–C) groups is 2. The summed E-state index contributed by atoms with van der Waals surface area (Å²) in [5, 5.41) is 6.76. The van der Waals surface area contributed by atoms with E-state index in [4.69, 9.17) is 20.1 Å². The molecule has 4 nitrogen and oxygen atoms in total. The third-order valence-electron chi connectivity index (χ3n) is 9.57. The van der Waals surface area contributed by atoms with Crippen LogP contribution in [0.5, 0.6) is 0 Å². The number of nitrogens with two attached hydrogens (primary N) is 1. The SMILES string of the molecule is N/C(=N\C(=N/Cc1ccccc1)c1ccc(-c2ccccc2)cc1)c1cc(-c2ccc3ccc4ccccc4c3c2)cc2oc3ccccc3c12. The highest BCUT2D eigenvalue weighted by Crippen LogP contribution is 2.37. The van der Waals surface area contributed by atoms with Crippen LogP contribution in [-0.4, -0.2) is 11.7 Å². The molecule has 0 saturated heterocycles. The third kappa shape index (κ3) is 5.83. The van der Waals surface area contributed by atoms with Gasteiger partial charge in [0.25, 0.3) is 0 Å². The Morgan fingerprint density at radius 2 is 1.12 bits per heavy atom. The lowest BCUT2D eigenvalue weighted by atomic mass is 9.94. The van der Waals surface area contributed by atoms with E-state index in [9.17, 15) is 0 Å². The summed E-state index contributed by atoms with van der Waals surface area (Å²) in [6.45, 7) is 0.475. The van der Waals surface area contributed by atoms with Crippen molar-refractivity contribution in [3.8, 4) is 22.3 Å². The Morgan fingerprint density at radius 3 is 1.92 bits per heavy atom. The molecule has 0 fully saturated rings. The van der Waals surface area contributed by atoms with Crippen LogP contribution in [0.3, 0.4) is 0 Å². The van der Waals surface area contributed by atoms with Crippen molar-refractivity contribution >= 4 is 55.2 Å². The molecule has 0 aliphatic rings. The first kappa shape index (κ1) is 30.3. The smallest absolute Gasteiger partial charge is 0.157 e. The average molecular weight is 656 g/mol. The number of nitrogens with zero attached hydrogens (tertiary/aromatic N) is 2. The second kappa shape index (κ2) is 12.9. The average Bonchev–Trinajstić information content (AvgIpc) is 3.58. The van der Waals surface area contributed by atoms with Gasteiger partial charge in [-0.3, -0.25) is 4.99 Å². The minimum atomic E-state index is 0.374. The minimum Gasteiger partial charge on any atom is -0.456 e. The molecule has 0 unspecified atom stereocenters. The van der Waals surface area contributed by atoms with E-state index in [0.717, 1.165) is 60.9 Å². The lowest BCUT2D eigenvalue weighted by Crippen LogP contribution is -2.17. The van der Waals surface area contributed by atoms with Crippen LogP contribution in [0.1, 0.15) is 16.7 Å². The van der Waals surface area contributed by atoms with Crippen LogP contribution in [0.25, 0.3) is 65.7 Å². The quantitative estimate of drug-likeness (QED) is 0.110. The van der Waals surface area contributed by atoms with E-state index in [2.05, 4.69) is 133 Å². The van der Waals surface area contributed by atoms with Gasteiger partial charge in [0.2, 0.25) is 0 Å². The van der Waals surface area contributed by atoms with Crippen LogP contribution in [0.15, 0.2) is 190 Å². The van der Waals surface area contributed by atoms with Gasteiger partial charge in [0, 0.05) is 21.9 Å². The molecule has 0 saturated carbocycles. The minimum absolute atomic E-state index is 0.374. The first-order valence-corrected chi connectivity index (χ1v) is 17.1. The number of rotatable bonds is 6. The molecule has 0 spiro atoms. The summed E-state index contributed by atoms with van der Waals surface area (Å²) in [7, 11) is 0. The van der Waals surface area contributed by atoms with E-state index in [1.54, 1.807) is 0 Å². The number of furan rings is 1. The molecule has 0 bridgehead atoms. The number of benzene rings is 8. The molecular weight excluding hydrogens is 623 g/mol. The standard InChI is InChI=1S/C47H33N3O/c48-46(50-47(49-30-31-11-3-1-4-12-31)36-24-19-33(20-25-36)32-13-5-2-6-14-32)42-28-38(29-44-45(42)40-17-9-10-18-43(40)51-44)37-26-23-35-22-21-34-15-7-8-16-39(34)41(35)27-37/h1-29H,30H2,(H2,48,49,50). The maximum atomic E-state index is 7.08. The van der Waals surface area contributed by atoms with Gasteiger partial charge in [0.05, 0.1) is 6.54 Å². The fraction of sp³-hybridized carbons (Fsp3) is 0.0213. The molecule has 0 radical (unpaired) electrons. The lowest BCUT2D eigenvalue weighted by molar-refractivity contribution is 0.669. The van der Waals surface area contributed by atoms with E-state index in [1.165, 1.54) is 21.5 Å². The molecular formula is C47H33N3O. The van der Waals surface area contributed by atoms with Gasteiger partial charge >= 0.3 is 0 Å². The monoisotopic (exact) mass is 655 g/mol. The molecule has 242 valence electrons. The van der Waals surface area contributed by atoms with Gasteiger partial charge in [-0.2, -0.15) is 0 Å². The summed E-state index contributed by atoms with van der Waals surface area (Å²) < 4.78 is 6.47. The Balaban J connectivity index is 1.21. The van der Waals surface area contributed by atoms with Gasteiger partial charge in [-0.25, -0.2) is 4.99 Å². The van der Waals surface area contributed by atoms with E-state index in [1.807, 2.05) is 42.5 Å². The van der Waals surface area contributed by atoms with Crippen LogP contribution in [-0.2, 0) is 6.54 Å². The molecule has 9 rings (SSSR count). The zero-order chi connectivity index (χ0) is 34.1. The molecule has 4 heteroatoms. The topological polar surface area (TPSA) is 63.9 Å². The molecule has 0 aliphatic heterocycles. The molecule has 0 amide bonds. The fourth-order valence-corrected chi connectivity index (χ4v) is 6.96. The van der Waals surface area contributed by atoms with Gasteiger partial charge in [0.1, 0.15) is 17.0 Å². The summed E-state index contributed by atoms with van der Waals surface area (Å²) in [5.41, 5.74) is 15.8. The summed E-state index contributed by atoms with van der Waals surface area (Å²) in [5.74, 6) is 0.943. The molecule has 2 N–H and O–H groups in total. The first-order valence-electron chi connectivity index (χ1n) is 17.1. The van der Waals surface area contributed by atoms with Gasteiger partial charge < -0.3 is 10.2 Å². The maximum Gasteiger partial charge on any atom is 0.157 e. The first-order chi connectivity index (χ1) is 25.2. The molecule has 9 aromatic rings. The molecule has 51 heavy (non-hydrogen) atoms. The Hall–Kier alpha value is -6.78. The Labute approximate surface area is 295 Å². The van der Waals surface area contributed by atoms with Gasteiger partial charge in [-0.05, 0) is 73.6 Å². The lowest BCUT2D eigenvalue weighted by Gasteiger charge is -2.11. The fourth-order valence-electron chi connectivity index (χ4n) is 6.96. The summed E-state index contributed by atoms with van der Waals surface area (Å²) >= 11 is 0. The van der Waals surface area contributed by atoms with Gasteiger partial charge in [-0.15, -0.1) is 0 Å². The van der Waals surface area contributed by atoms with Crippen molar-refractivity contribution < 1.29 is 4.42 Å². The Kier molecular flexibility index (Phi) is 7.67. The Bertz CT molecular complexity index is 2760. The molecule has 0 atom stereocenters. The number of para-hydroxylation sites is 1. The number of fused-ring (bicyclic) bond motifs is 6.